The molecule has 0 aromatic carbocycles. The number of carbonyl (C=O) groups excluding carboxylic acids is 1. The second kappa shape index (κ2) is 7.85. The van der Waals surface area contributed by atoms with Gasteiger partial charge in [-0.15, -0.1) is 0 Å². The van der Waals surface area contributed by atoms with Gasteiger partial charge in [0.05, 0.1) is 0 Å². The summed E-state index contributed by atoms with van der Waals surface area (Å²) in [5.74, 6) is 0.400. The van der Waals surface area contributed by atoms with E-state index in [2.05, 4.69) is 10.2 Å². The van der Waals surface area contributed by atoms with Crippen molar-refractivity contribution in [2.45, 2.75) is 57.4 Å². The van der Waals surface area contributed by atoms with Crippen molar-refractivity contribution in [3.63, 3.8) is 0 Å². The van der Waals surface area contributed by atoms with Crippen LogP contribution in [0.1, 0.15) is 51.4 Å². The maximum atomic E-state index is 11.9. The molecule has 0 aromatic rings. The fourth-order valence-electron chi connectivity index (χ4n) is 3.27. The Morgan fingerprint density at radius 3 is 2.53 bits per heavy atom. The fraction of sp³-hybridized carbons (Fsp3) is 0.933. The van der Waals surface area contributed by atoms with Crippen LogP contribution in [0, 0.1) is 5.92 Å². The van der Waals surface area contributed by atoms with Crippen molar-refractivity contribution >= 4 is 5.91 Å². The van der Waals surface area contributed by atoms with Gasteiger partial charge in [0.2, 0.25) is 5.91 Å². The van der Waals surface area contributed by atoms with Gasteiger partial charge in [-0.3, -0.25) is 4.79 Å². The molecule has 2 rings (SSSR count). The monoisotopic (exact) mass is 267 g/mol. The molecule has 2 fully saturated rings. The molecule has 1 aliphatic heterocycles. The Hall–Kier alpha value is -0.610. The summed E-state index contributed by atoms with van der Waals surface area (Å²) < 4.78 is 0. The first-order valence-corrected chi connectivity index (χ1v) is 8.01. The third kappa shape index (κ3) is 5.11. The topological polar surface area (TPSA) is 58.4 Å². The van der Waals surface area contributed by atoms with E-state index in [1.165, 1.54) is 38.8 Å². The Labute approximate surface area is 117 Å². The van der Waals surface area contributed by atoms with Crippen LogP contribution in [-0.2, 0) is 4.79 Å². The lowest BCUT2D eigenvalue weighted by Crippen LogP contribution is -2.33. The smallest absolute Gasteiger partial charge is 0.223 e. The lowest BCUT2D eigenvalue weighted by atomic mass is 10.1. The molecule has 0 aromatic heterocycles. The van der Waals surface area contributed by atoms with E-state index in [0.29, 0.717) is 0 Å². The van der Waals surface area contributed by atoms with Gasteiger partial charge in [-0.25, -0.2) is 0 Å². The zero-order valence-electron chi connectivity index (χ0n) is 12.1. The Morgan fingerprint density at radius 1 is 1.16 bits per heavy atom. The number of nitrogens with two attached hydrogens (primary N) is 1. The summed E-state index contributed by atoms with van der Waals surface area (Å²) in [5, 5.41) is 3.08. The first-order chi connectivity index (χ1) is 9.25. The second-order valence-corrected chi connectivity index (χ2v) is 6.17. The molecule has 1 amide bonds. The summed E-state index contributed by atoms with van der Waals surface area (Å²) in [7, 11) is 0. The number of amides is 1. The zero-order chi connectivity index (χ0) is 13.5. The van der Waals surface area contributed by atoms with Crippen LogP contribution in [0.15, 0.2) is 0 Å². The standard InChI is InChI=1S/C15H29N3O/c16-14-7-6-13(12-14)15(19)17-8-5-11-18-9-3-1-2-4-10-18/h13-14H,1-12,16H2,(H,17,19). The van der Waals surface area contributed by atoms with Gasteiger partial charge in [-0.2, -0.15) is 0 Å². The van der Waals surface area contributed by atoms with Crippen LogP contribution in [0.3, 0.4) is 0 Å². The number of carbonyl (C=O) groups is 1. The van der Waals surface area contributed by atoms with E-state index >= 15 is 0 Å². The average molecular weight is 267 g/mol. The molecule has 2 aliphatic rings. The molecule has 110 valence electrons. The summed E-state index contributed by atoms with van der Waals surface area (Å²) in [4.78, 5) is 14.5. The van der Waals surface area contributed by atoms with E-state index in [4.69, 9.17) is 5.73 Å². The molecule has 0 radical (unpaired) electrons. The van der Waals surface area contributed by atoms with Crippen molar-refractivity contribution in [3.8, 4) is 0 Å². The van der Waals surface area contributed by atoms with E-state index in [9.17, 15) is 4.79 Å². The van der Waals surface area contributed by atoms with Crippen LogP contribution >= 0.6 is 0 Å². The van der Waals surface area contributed by atoms with E-state index < -0.39 is 0 Å². The fourth-order valence-corrected chi connectivity index (χ4v) is 3.27. The molecule has 4 heteroatoms. The van der Waals surface area contributed by atoms with E-state index in [-0.39, 0.29) is 17.9 Å². The highest BCUT2D eigenvalue weighted by atomic mass is 16.1. The van der Waals surface area contributed by atoms with Crippen LogP contribution in [0.25, 0.3) is 0 Å². The van der Waals surface area contributed by atoms with Crippen LogP contribution in [0.5, 0.6) is 0 Å². The summed E-state index contributed by atoms with van der Waals surface area (Å²) in [5.41, 5.74) is 5.84. The predicted octanol–water partition coefficient (Wildman–Crippen LogP) is 1.50. The van der Waals surface area contributed by atoms with Gasteiger partial charge in [-0.05, 0) is 58.2 Å². The van der Waals surface area contributed by atoms with Crippen LogP contribution in [0.4, 0.5) is 0 Å². The SMILES string of the molecule is NC1CCC(C(=O)NCCCN2CCCCCC2)C1. The van der Waals surface area contributed by atoms with Crippen molar-refractivity contribution in [2.24, 2.45) is 11.7 Å². The highest BCUT2D eigenvalue weighted by Gasteiger charge is 2.27. The summed E-state index contributed by atoms with van der Waals surface area (Å²) >= 11 is 0. The highest BCUT2D eigenvalue weighted by molar-refractivity contribution is 5.78. The van der Waals surface area contributed by atoms with Crippen molar-refractivity contribution in [1.82, 2.24) is 10.2 Å². The van der Waals surface area contributed by atoms with Gasteiger partial charge < -0.3 is 16.0 Å². The molecule has 4 nitrogen and oxygen atoms in total. The van der Waals surface area contributed by atoms with Gasteiger partial charge in [0, 0.05) is 18.5 Å². The van der Waals surface area contributed by atoms with Gasteiger partial charge >= 0.3 is 0 Å². The summed E-state index contributed by atoms with van der Waals surface area (Å²) in [6.45, 7) is 4.43. The van der Waals surface area contributed by atoms with Crippen molar-refractivity contribution in [1.29, 1.82) is 0 Å². The van der Waals surface area contributed by atoms with Gasteiger partial charge in [0.15, 0.2) is 0 Å². The molecule has 1 saturated heterocycles. The minimum absolute atomic E-state index is 0.174. The molecule has 2 atom stereocenters. The largest absolute Gasteiger partial charge is 0.356 e. The minimum Gasteiger partial charge on any atom is -0.356 e. The second-order valence-electron chi connectivity index (χ2n) is 6.17. The van der Waals surface area contributed by atoms with E-state index in [1.54, 1.807) is 0 Å². The molecular weight excluding hydrogens is 238 g/mol. The Kier molecular flexibility index (Phi) is 6.11. The van der Waals surface area contributed by atoms with Gasteiger partial charge in [-0.1, -0.05) is 12.8 Å². The lowest BCUT2D eigenvalue weighted by molar-refractivity contribution is -0.124. The molecule has 1 heterocycles. The first kappa shape index (κ1) is 14.8. The molecule has 0 bridgehead atoms. The van der Waals surface area contributed by atoms with Crippen molar-refractivity contribution < 1.29 is 4.79 Å². The molecule has 1 aliphatic carbocycles. The Morgan fingerprint density at radius 2 is 1.89 bits per heavy atom. The van der Waals surface area contributed by atoms with Gasteiger partial charge in [0.1, 0.15) is 0 Å². The van der Waals surface area contributed by atoms with Crippen LogP contribution < -0.4 is 11.1 Å². The number of rotatable bonds is 5. The highest BCUT2D eigenvalue weighted by Crippen LogP contribution is 2.23. The quantitative estimate of drug-likeness (QED) is 0.742. The van der Waals surface area contributed by atoms with Gasteiger partial charge in [0.25, 0.3) is 0 Å². The third-order valence-electron chi connectivity index (χ3n) is 4.49. The number of hydrogen-bond donors (Lipinski definition) is 2. The van der Waals surface area contributed by atoms with E-state index in [0.717, 1.165) is 38.8 Å². The third-order valence-corrected chi connectivity index (χ3v) is 4.49. The number of nitrogens with one attached hydrogen (secondary N) is 1. The lowest BCUT2D eigenvalue weighted by Gasteiger charge is -2.19. The Balaban J connectivity index is 1.54. The normalized spacial score (nSPS) is 29.1. The maximum Gasteiger partial charge on any atom is 0.223 e. The van der Waals surface area contributed by atoms with Crippen LogP contribution in [-0.4, -0.2) is 43.0 Å². The van der Waals surface area contributed by atoms with E-state index in [1.807, 2.05) is 0 Å². The molecule has 19 heavy (non-hydrogen) atoms. The van der Waals surface area contributed by atoms with Crippen molar-refractivity contribution in [2.75, 3.05) is 26.2 Å². The van der Waals surface area contributed by atoms with Crippen LogP contribution in [0.2, 0.25) is 0 Å². The zero-order valence-corrected chi connectivity index (χ0v) is 12.1. The molecule has 1 saturated carbocycles. The Bertz CT molecular complexity index is 275. The predicted molar refractivity (Wildman–Crippen MR) is 77.9 cm³/mol. The average Bonchev–Trinajstić information content (AvgIpc) is 2.68. The molecule has 2 unspecified atom stereocenters. The number of nitrogens with zero attached hydrogens (tertiary/aromatic N) is 1. The van der Waals surface area contributed by atoms with Crippen molar-refractivity contribution in [3.05, 3.63) is 0 Å². The first-order valence-electron chi connectivity index (χ1n) is 8.01. The summed E-state index contributed by atoms with van der Waals surface area (Å²) in [6, 6.07) is 0.243. The molecule has 0 spiro atoms. The maximum absolute atomic E-state index is 11.9. The molecule has 3 N–H and O–H groups in total. The number of hydrogen-bond acceptors (Lipinski definition) is 3. The number of likely N-dealkylation sites (tertiary alicyclic amines) is 1. The molecular formula is C15H29N3O. The minimum atomic E-state index is 0.174. The summed E-state index contributed by atoms with van der Waals surface area (Å²) in [6.07, 6.45) is 9.37.